The van der Waals surface area contributed by atoms with Crippen molar-refractivity contribution in [1.82, 2.24) is 14.5 Å². The molecule has 0 radical (unpaired) electrons. The Morgan fingerprint density at radius 3 is 3.00 bits per heavy atom. The molecule has 6 nitrogen and oxygen atoms in total. The molecule has 1 N–H and O–H groups in total. The van der Waals surface area contributed by atoms with Crippen molar-refractivity contribution in [3.63, 3.8) is 0 Å². The van der Waals surface area contributed by atoms with Crippen LogP contribution >= 0.6 is 0 Å². The van der Waals surface area contributed by atoms with Crippen LogP contribution < -0.4 is 4.74 Å². The van der Waals surface area contributed by atoms with Crippen LogP contribution in [0.4, 0.5) is 0 Å². The van der Waals surface area contributed by atoms with Crippen LogP contribution in [0.2, 0.25) is 0 Å². The molecule has 0 saturated carbocycles. The number of carboxylic acid groups (broad SMARTS) is 1. The molecule has 0 fully saturated rings. The van der Waals surface area contributed by atoms with Gasteiger partial charge in [-0.1, -0.05) is 0 Å². The largest absolute Gasteiger partial charge is 0.490 e. The predicted octanol–water partition coefficient (Wildman–Crippen LogP) is 1.36. The number of aromatic nitrogens is 3. The van der Waals surface area contributed by atoms with Gasteiger partial charge in [0.15, 0.2) is 17.3 Å². The Kier molecular flexibility index (Phi) is 3.04. The average Bonchev–Trinajstić information content (AvgIpc) is 2.79. The summed E-state index contributed by atoms with van der Waals surface area (Å²) in [5, 5.41) is 8.79. The molecule has 17 heavy (non-hydrogen) atoms. The predicted molar refractivity (Wildman–Crippen MR) is 59.5 cm³/mol. The summed E-state index contributed by atoms with van der Waals surface area (Å²) in [5.74, 6) is 0.0383. The highest BCUT2D eigenvalue weighted by Crippen LogP contribution is 2.19. The average molecular weight is 233 g/mol. The van der Waals surface area contributed by atoms with E-state index >= 15 is 0 Å². The minimum atomic E-state index is -1.07. The molecule has 2 heterocycles. The Balaban J connectivity index is 2.41. The number of rotatable bonds is 4. The maximum absolute atomic E-state index is 10.7. The molecule has 6 heteroatoms. The molecule has 0 spiro atoms. The third-order valence-corrected chi connectivity index (χ3v) is 2.10. The van der Waals surface area contributed by atoms with Gasteiger partial charge in [0.2, 0.25) is 0 Å². The van der Waals surface area contributed by atoms with E-state index in [1.54, 1.807) is 18.3 Å². The smallest absolute Gasteiger partial charge is 0.356 e. The first-order chi connectivity index (χ1) is 8.22. The minimum Gasteiger partial charge on any atom is -0.490 e. The second-order valence-corrected chi connectivity index (χ2v) is 3.23. The van der Waals surface area contributed by atoms with Crippen LogP contribution in [0.15, 0.2) is 30.9 Å². The summed E-state index contributed by atoms with van der Waals surface area (Å²) >= 11 is 0. The Hall–Kier alpha value is -2.37. The Morgan fingerprint density at radius 2 is 2.35 bits per heavy atom. The van der Waals surface area contributed by atoms with E-state index in [-0.39, 0.29) is 5.69 Å². The number of imidazole rings is 1. The first-order valence-corrected chi connectivity index (χ1v) is 5.08. The summed E-state index contributed by atoms with van der Waals surface area (Å²) < 4.78 is 6.92. The molecule has 0 aliphatic rings. The molecule has 2 rings (SSSR count). The zero-order chi connectivity index (χ0) is 12.3. The summed E-state index contributed by atoms with van der Waals surface area (Å²) in [6.07, 6.45) is 4.40. The third kappa shape index (κ3) is 2.25. The van der Waals surface area contributed by atoms with Crippen LogP contribution in [-0.2, 0) is 0 Å². The maximum atomic E-state index is 10.7. The van der Waals surface area contributed by atoms with Crippen LogP contribution in [0.25, 0.3) is 5.82 Å². The molecule has 0 aliphatic heterocycles. The SMILES string of the molecule is CCOc1cccnc1-n1cnc(C(=O)O)c1. The van der Waals surface area contributed by atoms with Crippen molar-refractivity contribution in [3.05, 3.63) is 36.5 Å². The van der Waals surface area contributed by atoms with Crippen LogP contribution in [0.5, 0.6) is 5.75 Å². The fourth-order valence-electron chi connectivity index (χ4n) is 1.39. The zero-order valence-corrected chi connectivity index (χ0v) is 9.20. The normalized spacial score (nSPS) is 10.2. The highest BCUT2D eigenvalue weighted by molar-refractivity contribution is 5.85. The van der Waals surface area contributed by atoms with Crippen molar-refractivity contribution in [2.24, 2.45) is 0 Å². The summed E-state index contributed by atoms with van der Waals surface area (Å²) in [6, 6.07) is 3.52. The first-order valence-electron chi connectivity index (χ1n) is 5.08. The minimum absolute atomic E-state index is 0.0295. The Morgan fingerprint density at radius 1 is 1.53 bits per heavy atom. The van der Waals surface area contributed by atoms with Crippen molar-refractivity contribution in [1.29, 1.82) is 0 Å². The first kappa shape index (κ1) is 11.1. The van der Waals surface area contributed by atoms with E-state index in [2.05, 4.69) is 9.97 Å². The fraction of sp³-hybridized carbons (Fsp3) is 0.182. The third-order valence-electron chi connectivity index (χ3n) is 2.10. The Bertz CT molecular complexity index is 536. The molecule has 0 aliphatic carbocycles. The topological polar surface area (TPSA) is 77.2 Å². The highest BCUT2D eigenvalue weighted by atomic mass is 16.5. The van der Waals surface area contributed by atoms with Gasteiger partial charge in [-0.15, -0.1) is 0 Å². The standard InChI is InChI=1S/C11H11N3O3/c1-2-17-9-4-3-5-12-10(9)14-6-8(11(15)16)13-7-14/h3-7H,2H2,1H3,(H,15,16). The summed E-state index contributed by atoms with van der Waals surface area (Å²) in [4.78, 5) is 18.6. The van der Waals surface area contributed by atoms with Gasteiger partial charge in [0.1, 0.15) is 6.33 Å². The molecule has 2 aromatic heterocycles. The lowest BCUT2D eigenvalue weighted by Crippen LogP contribution is -2.01. The Labute approximate surface area is 97.5 Å². The molecule has 0 atom stereocenters. The second-order valence-electron chi connectivity index (χ2n) is 3.23. The summed E-state index contributed by atoms with van der Waals surface area (Å²) in [5.41, 5.74) is -0.0295. The van der Waals surface area contributed by atoms with Gasteiger partial charge in [-0.25, -0.2) is 14.8 Å². The summed E-state index contributed by atoms with van der Waals surface area (Å²) in [6.45, 7) is 2.38. The molecular weight excluding hydrogens is 222 g/mol. The van der Waals surface area contributed by atoms with Crippen LogP contribution in [0.3, 0.4) is 0 Å². The van der Waals surface area contributed by atoms with Crippen molar-refractivity contribution in [2.45, 2.75) is 6.92 Å². The van der Waals surface area contributed by atoms with E-state index in [4.69, 9.17) is 9.84 Å². The maximum Gasteiger partial charge on any atom is 0.356 e. The number of ether oxygens (including phenoxy) is 1. The van der Waals surface area contributed by atoms with E-state index < -0.39 is 5.97 Å². The van der Waals surface area contributed by atoms with Gasteiger partial charge in [-0.3, -0.25) is 4.57 Å². The number of hydrogen-bond acceptors (Lipinski definition) is 4. The van der Waals surface area contributed by atoms with Crippen molar-refractivity contribution >= 4 is 5.97 Å². The van der Waals surface area contributed by atoms with Crippen LogP contribution in [-0.4, -0.2) is 32.2 Å². The number of carboxylic acids is 1. The number of carbonyl (C=O) groups is 1. The quantitative estimate of drug-likeness (QED) is 0.862. The van der Waals surface area contributed by atoms with E-state index in [1.807, 2.05) is 6.92 Å². The van der Waals surface area contributed by atoms with Crippen molar-refractivity contribution in [3.8, 4) is 11.6 Å². The van der Waals surface area contributed by atoms with Gasteiger partial charge in [0.05, 0.1) is 6.61 Å². The molecule has 88 valence electrons. The van der Waals surface area contributed by atoms with Gasteiger partial charge in [0.25, 0.3) is 0 Å². The zero-order valence-electron chi connectivity index (χ0n) is 9.20. The van der Waals surface area contributed by atoms with Crippen LogP contribution in [0, 0.1) is 0 Å². The lowest BCUT2D eigenvalue weighted by Gasteiger charge is -2.08. The lowest BCUT2D eigenvalue weighted by atomic mass is 10.4. The van der Waals surface area contributed by atoms with Gasteiger partial charge < -0.3 is 9.84 Å². The van der Waals surface area contributed by atoms with E-state index in [0.29, 0.717) is 18.2 Å². The van der Waals surface area contributed by atoms with Gasteiger partial charge in [-0.05, 0) is 19.1 Å². The molecule has 0 amide bonds. The highest BCUT2D eigenvalue weighted by Gasteiger charge is 2.11. The fourth-order valence-corrected chi connectivity index (χ4v) is 1.39. The number of pyridine rings is 1. The summed E-state index contributed by atoms with van der Waals surface area (Å²) in [7, 11) is 0. The monoisotopic (exact) mass is 233 g/mol. The second kappa shape index (κ2) is 4.65. The van der Waals surface area contributed by atoms with Crippen molar-refractivity contribution < 1.29 is 14.6 Å². The molecule has 0 saturated heterocycles. The van der Waals surface area contributed by atoms with Gasteiger partial charge in [0, 0.05) is 12.4 Å². The van der Waals surface area contributed by atoms with Crippen LogP contribution in [0.1, 0.15) is 17.4 Å². The molecular formula is C11H11N3O3. The number of hydrogen-bond donors (Lipinski definition) is 1. The van der Waals surface area contributed by atoms with Gasteiger partial charge in [-0.2, -0.15) is 0 Å². The molecule has 2 aromatic rings. The number of nitrogens with zero attached hydrogens (tertiary/aromatic N) is 3. The molecule has 0 aromatic carbocycles. The van der Waals surface area contributed by atoms with E-state index in [0.717, 1.165) is 0 Å². The lowest BCUT2D eigenvalue weighted by molar-refractivity contribution is 0.0691. The van der Waals surface area contributed by atoms with E-state index in [9.17, 15) is 4.79 Å². The van der Waals surface area contributed by atoms with E-state index in [1.165, 1.54) is 17.1 Å². The molecule has 0 bridgehead atoms. The van der Waals surface area contributed by atoms with Gasteiger partial charge >= 0.3 is 5.97 Å². The molecule has 0 unspecified atom stereocenters. The number of aromatic carboxylic acids is 1. The van der Waals surface area contributed by atoms with Crippen molar-refractivity contribution in [2.75, 3.05) is 6.61 Å².